The van der Waals surface area contributed by atoms with Crippen molar-refractivity contribution in [1.82, 2.24) is 4.90 Å². The topological polar surface area (TPSA) is 46.6 Å². The first-order valence-corrected chi connectivity index (χ1v) is 11.1. The van der Waals surface area contributed by atoms with Gasteiger partial charge in [-0.2, -0.15) is 0 Å². The van der Waals surface area contributed by atoms with Crippen molar-refractivity contribution in [3.05, 3.63) is 77.0 Å². The summed E-state index contributed by atoms with van der Waals surface area (Å²) in [4.78, 5) is 29.5. The summed E-state index contributed by atoms with van der Waals surface area (Å²) in [6.07, 6.45) is 5.18. The number of aryl methyl sites for hydroxylation is 1. The van der Waals surface area contributed by atoms with E-state index in [4.69, 9.17) is 4.74 Å². The van der Waals surface area contributed by atoms with Crippen LogP contribution in [-0.2, 0) is 14.3 Å². The fourth-order valence-corrected chi connectivity index (χ4v) is 5.95. The van der Waals surface area contributed by atoms with Crippen LogP contribution in [0, 0.1) is 23.2 Å². The number of nitrogens with zero attached hydrogens (tertiary/aromatic N) is 1. The average Bonchev–Trinajstić information content (AvgIpc) is 2.87. The number of hydrogen-bond acceptors (Lipinski definition) is 3. The van der Waals surface area contributed by atoms with Gasteiger partial charge in [0.1, 0.15) is 0 Å². The number of benzene rings is 2. The number of fused-ring (bicyclic) bond motifs is 3. The number of carbonyl (C=O) groups is 2. The molecule has 3 aliphatic rings. The Hall–Kier alpha value is -2.88. The normalized spacial score (nSPS) is 30.6. The fourth-order valence-electron chi connectivity index (χ4n) is 5.95. The minimum absolute atomic E-state index is 0.148. The Morgan fingerprint density at radius 3 is 2.42 bits per heavy atom. The minimum Gasteiger partial charge on any atom is -0.464 e. The first-order valence-electron chi connectivity index (χ1n) is 11.1. The zero-order valence-corrected chi connectivity index (χ0v) is 18.6. The van der Waals surface area contributed by atoms with Crippen LogP contribution in [0.15, 0.2) is 54.7 Å². The number of carbonyl (C=O) groups excluding carboxylic acids is 2. The first kappa shape index (κ1) is 20.0. The molecule has 0 aromatic heterocycles. The van der Waals surface area contributed by atoms with E-state index in [0.717, 1.165) is 28.7 Å². The molecule has 5 rings (SSSR count). The number of amides is 1. The van der Waals surface area contributed by atoms with E-state index in [1.165, 1.54) is 0 Å². The van der Waals surface area contributed by atoms with Crippen LogP contribution in [0.3, 0.4) is 0 Å². The number of cyclic esters (lactones) is 1. The minimum atomic E-state index is -1.17. The molecule has 2 aliphatic heterocycles. The molecule has 0 radical (unpaired) electrons. The van der Waals surface area contributed by atoms with Crippen molar-refractivity contribution in [1.29, 1.82) is 0 Å². The van der Waals surface area contributed by atoms with Gasteiger partial charge in [-0.3, -0.25) is 9.59 Å². The van der Waals surface area contributed by atoms with Crippen LogP contribution in [-0.4, -0.2) is 23.4 Å². The number of esters is 1. The maximum absolute atomic E-state index is 14.4. The Labute approximate surface area is 183 Å². The van der Waals surface area contributed by atoms with Gasteiger partial charge in [-0.1, -0.05) is 69.3 Å². The molecule has 2 heterocycles. The van der Waals surface area contributed by atoms with Gasteiger partial charge in [-0.05, 0) is 53.5 Å². The van der Waals surface area contributed by atoms with Crippen LogP contribution < -0.4 is 0 Å². The molecule has 1 saturated heterocycles. The van der Waals surface area contributed by atoms with Gasteiger partial charge in [0, 0.05) is 11.6 Å². The Morgan fingerprint density at radius 1 is 1.00 bits per heavy atom. The highest BCUT2D eigenvalue weighted by atomic mass is 16.5. The van der Waals surface area contributed by atoms with Crippen LogP contribution in [0.2, 0.25) is 0 Å². The lowest BCUT2D eigenvalue weighted by Crippen LogP contribution is -2.61. The quantitative estimate of drug-likeness (QED) is 0.496. The van der Waals surface area contributed by atoms with Gasteiger partial charge in [-0.15, -0.1) is 0 Å². The zero-order chi connectivity index (χ0) is 22.0. The molecule has 4 nitrogen and oxygen atoms in total. The summed E-state index contributed by atoms with van der Waals surface area (Å²) in [6, 6.07) is 16.1. The molecule has 2 aromatic carbocycles. The van der Waals surface area contributed by atoms with Crippen molar-refractivity contribution in [2.45, 2.75) is 46.6 Å². The molecule has 160 valence electrons. The van der Waals surface area contributed by atoms with Crippen molar-refractivity contribution < 1.29 is 14.3 Å². The van der Waals surface area contributed by atoms with Gasteiger partial charge >= 0.3 is 5.97 Å². The van der Waals surface area contributed by atoms with Gasteiger partial charge in [-0.25, -0.2) is 0 Å². The third-order valence-electron chi connectivity index (χ3n) is 8.56. The predicted molar refractivity (Wildman–Crippen MR) is 120 cm³/mol. The summed E-state index contributed by atoms with van der Waals surface area (Å²) in [6.45, 7) is 8.75. The molecule has 3 atom stereocenters. The monoisotopic (exact) mass is 415 g/mol. The van der Waals surface area contributed by atoms with Crippen LogP contribution in [0.4, 0.5) is 0 Å². The van der Waals surface area contributed by atoms with Crippen molar-refractivity contribution in [3.8, 4) is 0 Å². The molecular formula is C27H29NO3. The van der Waals surface area contributed by atoms with Crippen LogP contribution in [0.25, 0.3) is 6.08 Å². The van der Waals surface area contributed by atoms with E-state index in [1.54, 1.807) is 4.90 Å². The van der Waals surface area contributed by atoms with E-state index in [-0.39, 0.29) is 23.3 Å². The van der Waals surface area contributed by atoms with E-state index in [1.807, 2.05) is 36.5 Å². The molecule has 0 spiro atoms. The first-order chi connectivity index (χ1) is 14.7. The Bertz CT molecular complexity index is 1120. The second-order valence-corrected chi connectivity index (χ2v) is 10.1. The molecule has 1 amide bonds. The van der Waals surface area contributed by atoms with Gasteiger partial charge in [0.15, 0.2) is 5.41 Å². The highest BCUT2D eigenvalue weighted by Gasteiger charge is 2.72. The molecule has 1 saturated carbocycles. The lowest BCUT2D eigenvalue weighted by molar-refractivity contribution is -0.192. The SMILES string of the molecule is Cc1ccccc1[C@H]1c2ccccc2C=CN1C(=O)[C@@]12CC[C@@](C)(COC1=O)C2(C)C. The second kappa shape index (κ2) is 6.56. The van der Waals surface area contributed by atoms with E-state index >= 15 is 0 Å². The number of hydrogen-bond donors (Lipinski definition) is 0. The van der Waals surface area contributed by atoms with E-state index in [9.17, 15) is 9.59 Å². The third-order valence-corrected chi connectivity index (χ3v) is 8.56. The van der Waals surface area contributed by atoms with Gasteiger partial charge < -0.3 is 9.64 Å². The van der Waals surface area contributed by atoms with E-state index in [2.05, 4.69) is 52.0 Å². The molecule has 1 aliphatic carbocycles. The van der Waals surface area contributed by atoms with Crippen molar-refractivity contribution in [2.24, 2.45) is 16.2 Å². The Kier molecular flexibility index (Phi) is 4.24. The van der Waals surface area contributed by atoms with E-state index < -0.39 is 10.8 Å². The summed E-state index contributed by atoms with van der Waals surface area (Å²) in [5.74, 6) is -0.516. The molecule has 0 unspecified atom stereocenters. The molecular weight excluding hydrogens is 386 g/mol. The maximum atomic E-state index is 14.4. The second-order valence-electron chi connectivity index (χ2n) is 10.1. The van der Waals surface area contributed by atoms with Crippen molar-refractivity contribution >= 4 is 18.0 Å². The zero-order valence-electron chi connectivity index (χ0n) is 18.6. The summed E-state index contributed by atoms with van der Waals surface area (Å²) in [5.41, 5.74) is 2.50. The van der Waals surface area contributed by atoms with Crippen LogP contribution in [0.5, 0.6) is 0 Å². The molecule has 0 N–H and O–H groups in total. The summed E-state index contributed by atoms with van der Waals surface area (Å²) in [5, 5.41) is 0. The van der Waals surface area contributed by atoms with Gasteiger partial charge in [0.05, 0.1) is 12.6 Å². The number of ether oxygens (including phenoxy) is 1. The summed E-state index contributed by atoms with van der Waals surface area (Å²) in [7, 11) is 0. The standard InChI is InChI=1S/C27H29NO3/c1-18-9-5-7-11-20(18)22-21-12-8-6-10-19(21)13-16-28(22)23(29)27-15-14-26(4,25(27,2)3)17-31-24(27)30/h5-13,16,22H,14-15,17H2,1-4H3/t22-,26-,27-/m0/s1. The molecule has 2 aromatic rings. The predicted octanol–water partition coefficient (Wildman–Crippen LogP) is 5.27. The lowest BCUT2D eigenvalue weighted by Gasteiger charge is -2.51. The molecule has 2 bridgehead atoms. The molecule has 4 heteroatoms. The Balaban J connectivity index is 1.68. The molecule has 31 heavy (non-hydrogen) atoms. The van der Waals surface area contributed by atoms with Crippen molar-refractivity contribution in [3.63, 3.8) is 0 Å². The number of rotatable bonds is 2. The highest BCUT2D eigenvalue weighted by molar-refractivity contribution is 6.06. The highest BCUT2D eigenvalue weighted by Crippen LogP contribution is 2.66. The van der Waals surface area contributed by atoms with Crippen LogP contribution in [0.1, 0.15) is 61.9 Å². The largest absolute Gasteiger partial charge is 0.464 e. The Morgan fingerprint density at radius 2 is 1.68 bits per heavy atom. The van der Waals surface area contributed by atoms with Gasteiger partial charge in [0.25, 0.3) is 0 Å². The smallest absolute Gasteiger partial charge is 0.322 e. The van der Waals surface area contributed by atoms with Crippen molar-refractivity contribution in [2.75, 3.05) is 6.61 Å². The average molecular weight is 416 g/mol. The summed E-state index contributed by atoms with van der Waals surface area (Å²) >= 11 is 0. The van der Waals surface area contributed by atoms with E-state index in [0.29, 0.717) is 13.0 Å². The lowest BCUT2D eigenvalue weighted by atomic mass is 9.57. The van der Waals surface area contributed by atoms with Gasteiger partial charge in [0.2, 0.25) is 5.91 Å². The van der Waals surface area contributed by atoms with Crippen LogP contribution >= 0.6 is 0 Å². The fraction of sp³-hybridized carbons (Fsp3) is 0.407. The third kappa shape index (κ3) is 2.48. The maximum Gasteiger partial charge on any atom is 0.322 e. The molecule has 2 fully saturated rings. The summed E-state index contributed by atoms with van der Waals surface area (Å²) < 4.78 is 5.64.